The highest BCUT2D eigenvalue weighted by Gasteiger charge is 2.17. The molecule has 1 aromatic heterocycles. The van der Waals surface area contributed by atoms with Crippen LogP contribution in [0.3, 0.4) is 0 Å². The number of imidazole rings is 1. The fourth-order valence-electron chi connectivity index (χ4n) is 2.71. The molecule has 1 aliphatic rings. The quantitative estimate of drug-likeness (QED) is 0.820. The molecule has 0 saturated carbocycles. The first kappa shape index (κ1) is 10.6. The summed E-state index contributed by atoms with van der Waals surface area (Å²) < 4.78 is 1.87. The second-order valence-corrected chi connectivity index (χ2v) is 4.81. The van der Waals surface area contributed by atoms with Crippen LogP contribution in [0.2, 0.25) is 0 Å². The molecular formula is C13H17N3O. The highest BCUT2D eigenvalue weighted by atomic mass is 16.1. The number of aryl methyl sites for hydroxylation is 1. The van der Waals surface area contributed by atoms with Gasteiger partial charge in [0.05, 0.1) is 11.0 Å². The van der Waals surface area contributed by atoms with E-state index in [0.717, 1.165) is 36.1 Å². The summed E-state index contributed by atoms with van der Waals surface area (Å²) in [5.74, 6) is 0. The molecule has 4 nitrogen and oxygen atoms in total. The maximum atomic E-state index is 12.0. The molecule has 1 unspecified atom stereocenters. The third kappa shape index (κ3) is 1.78. The van der Waals surface area contributed by atoms with Crippen molar-refractivity contribution in [3.8, 4) is 0 Å². The summed E-state index contributed by atoms with van der Waals surface area (Å²) in [7, 11) is 0. The van der Waals surface area contributed by atoms with Crippen molar-refractivity contribution >= 4 is 11.0 Å². The van der Waals surface area contributed by atoms with E-state index in [0.29, 0.717) is 6.04 Å². The first-order valence-corrected chi connectivity index (χ1v) is 6.17. The Bertz CT molecular complexity index is 590. The lowest BCUT2D eigenvalue weighted by atomic mass is 10.2. The van der Waals surface area contributed by atoms with E-state index in [1.807, 2.05) is 29.7 Å². The number of hydrogen-bond donors (Lipinski definition) is 2. The van der Waals surface area contributed by atoms with Crippen molar-refractivity contribution in [3.63, 3.8) is 0 Å². The lowest BCUT2D eigenvalue weighted by Crippen LogP contribution is -2.31. The summed E-state index contributed by atoms with van der Waals surface area (Å²) in [5.41, 5.74) is 3.14. The fraction of sp³-hybridized carbons (Fsp3) is 0.462. The number of para-hydroxylation sites is 1. The minimum Gasteiger partial charge on any atom is -0.312 e. The summed E-state index contributed by atoms with van der Waals surface area (Å²) in [6.45, 7) is 3.89. The number of aromatic nitrogens is 2. The first-order valence-electron chi connectivity index (χ1n) is 6.17. The molecule has 90 valence electrons. The van der Waals surface area contributed by atoms with Gasteiger partial charge in [-0.05, 0) is 37.9 Å². The average molecular weight is 231 g/mol. The van der Waals surface area contributed by atoms with Gasteiger partial charge in [-0.3, -0.25) is 4.57 Å². The van der Waals surface area contributed by atoms with Gasteiger partial charge < -0.3 is 10.3 Å². The standard InChI is InChI=1S/C13H17N3O/c1-9-4-2-6-11-12(9)16(13(17)15-11)8-10-5-3-7-14-10/h2,4,6,10,14H,3,5,7-8H2,1H3,(H,15,17). The Hall–Kier alpha value is -1.55. The Kier molecular flexibility index (Phi) is 2.52. The monoisotopic (exact) mass is 231 g/mol. The van der Waals surface area contributed by atoms with Crippen molar-refractivity contribution in [1.29, 1.82) is 0 Å². The number of benzene rings is 1. The van der Waals surface area contributed by atoms with Gasteiger partial charge in [-0.2, -0.15) is 0 Å². The molecule has 1 saturated heterocycles. The van der Waals surface area contributed by atoms with E-state index in [9.17, 15) is 4.79 Å². The number of nitrogens with zero attached hydrogens (tertiary/aromatic N) is 1. The van der Waals surface area contributed by atoms with Crippen LogP contribution in [-0.4, -0.2) is 22.1 Å². The zero-order valence-electron chi connectivity index (χ0n) is 9.99. The number of rotatable bonds is 2. The average Bonchev–Trinajstić information content (AvgIpc) is 2.89. The molecule has 0 radical (unpaired) electrons. The highest BCUT2D eigenvalue weighted by Crippen LogP contribution is 2.16. The van der Waals surface area contributed by atoms with Crippen molar-refractivity contribution in [3.05, 3.63) is 34.2 Å². The van der Waals surface area contributed by atoms with E-state index in [2.05, 4.69) is 10.3 Å². The molecule has 1 fully saturated rings. The lowest BCUT2D eigenvalue weighted by Gasteiger charge is -2.11. The second kappa shape index (κ2) is 4.04. The van der Waals surface area contributed by atoms with Crippen molar-refractivity contribution < 1.29 is 0 Å². The highest BCUT2D eigenvalue weighted by molar-refractivity contribution is 5.78. The largest absolute Gasteiger partial charge is 0.326 e. The van der Waals surface area contributed by atoms with E-state index >= 15 is 0 Å². The van der Waals surface area contributed by atoms with Gasteiger partial charge in [-0.15, -0.1) is 0 Å². The molecule has 0 amide bonds. The van der Waals surface area contributed by atoms with Crippen molar-refractivity contribution in [1.82, 2.24) is 14.9 Å². The van der Waals surface area contributed by atoms with Gasteiger partial charge >= 0.3 is 5.69 Å². The molecule has 4 heteroatoms. The van der Waals surface area contributed by atoms with E-state index in [-0.39, 0.29) is 5.69 Å². The Morgan fingerprint density at radius 2 is 2.35 bits per heavy atom. The first-order chi connectivity index (χ1) is 8.25. The molecular weight excluding hydrogens is 214 g/mol. The summed E-state index contributed by atoms with van der Waals surface area (Å²) in [4.78, 5) is 14.9. The predicted octanol–water partition coefficient (Wildman–Crippen LogP) is 1.39. The Morgan fingerprint density at radius 1 is 1.47 bits per heavy atom. The molecule has 0 spiro atoms. The number of H-pyrrole nitrogens is 1. The van der Waals surface area contributed by atoms with Crippen molar-refractivity contribution in [2.45, 2.75) is 32.4 Å². The number of hydrogen-bond acceptors (Lipinski definition) is 2. The number of aromatic amines is 1. The predicted molar refractivity (Wildman–Crippen MR) is 68.3 cm³/mol. The topological polar surface area (TPSA) is 49.8 Å². The molecule has 1 atom stereocenters. The second-order valence-electron chi connectivity index (χ2n) is 4.81. The third-order valence-electron chi connectivity index (χ3n) is 3.56. The van der Waals surface area contributed by atoms with Gasteiger partial charge in [0.2, 0.25) is 0 Å². The molecule has 2 heterocycles. The Labute approximate surface area is 99.6 Å². The molecule has 2 aromatic rings. The van der Waals surface area contributed by atoms with Gasteiger partial charge in [0, 0.05) is 12.6 Å². The maximum absolute atomic E-state index is 12.0. The van der Waals surface area contributed by atoms with Gasteiger partial charge in [0.1, 0.15) is 0 Å². The lowest BCUT2D eigenvalue weighted by molar-refractivity contribution is 0.508. The van der Waals surface area contributed by atoms with Crippen LogP contribution in [0, 0.1) is 6.92 Å². The van der Waals surface area contributed by atoms with Crippen LogP contribution in [-0.2, 0) is 6.54 Å². The molecule has 3 rings (SSSR count). The zero-order chi connectivity index (χ0) is 11.8. The van der Waals surface area contributed by atoms with Gasteiger partial charge in [-0.1, -0.05) is 12.1 Å². The van der Waals surface area contributed by atoms with E-state index < -0.39 is 0 Å². The smallest absolute Gasteiger partial charge is 0.312 e. The van der Waals surface area contributed by atoms with Crippen molar-refractivity contribution in [2.24, 2.45) is 0 Å². The van der Waals surface area contributed by atoms with Crippen LogP contribution < -0.4 is 11.0 Å². The SMILES string of the molecule is Cc1cccc2[nH]c(=O)n(CC3CCCN3)c12. The maximum Gasteiger partial charge on any atom is 0.326 e. The minimum atomic E-state index is 0.00278. The summed E-state index contributed by atoms with van der Waals surface area (Å²) in [6.07, 6.45) is 2.37. The van der Waals surface area contributed by atoms with Crippen LogP contribution >= 0.6 is 0 Å². The van der Waals surface area contributed by atoms with E-state index in [1.165, 1.54) is 6.42 Å². The van der Waals surface area contributed by atoms with Gasteiger partial charge in [-0.25, -0.2) is 4.79 Å². The third-order valence-corrected chi connectivity index (χ3v) is 3.56. The van der Waals surface area contributed by atoms with Gasteiger partial charge in [0.15, 0.2) is 0 Å². The van der Waals surface area contributed by atoms with Crippen molar-refractivity contribution in [2.75, 3.05) is 6.54 Å². The normalized spacial score (nSPS) is 20.2. The molecule has 1 aliphatic heterocycles. The van der Waals surface area contributed by atoms with Crippen LogP contribution in [0.15, 0.2) is 23.0 Å². The minimum absolute atomic E-state index is 0.00278. The van der Waals surface area contributed by atoms with Crippen LogP contribution in [0.5, 0.6) is 0 Å². The van der Waals surface area contributed by atoms with E-state index in [1.54, 1.807) is 0 Å². The Balaban J connectivity index is 2.08. The van der Waals surface area contributed by atoms with Crippen LogP contribution in [0.25, 0.3) is 11.0 Å². The summed E-state index contributed by atoms with van der Waals surface area (Å²) >= 11 is 0. The molecule has 0 aliphatic carbocycles. The molecule has 0 bridgehead atoms. The number of nitrogens with one attached hydrogen (secondary N) is 2. The fourth-order valence-corrected chi connectivity index (χ4v) is 2.71. The zero-order valence-corrected chi connectivity index (χ0v) is 9.99. The van der Waals surface area contributed by atoms with Gasteiger partial charge in [0.25, 0.3) is 0 Å². The molecule has 2 N–H and O–H groups in total. The molecule has 17 heavy (non-hydrogen) atoms. The summed E-state index contributed by atoms with van der Waals surface area (Å²) in [5, 5.41) is 3.43. The van der Waals surface area contributed by atoms with E-state index in [4.69, 9.17) is 0 Å². The van der Waals surface area contributed by atoms with Crippen LogP contribution in [0.1, 0.15) is 18.4 Å². The summed E-state index contributed by atoms with van der Waals surface area (Å²) in [6, 6.07) is 6.42. The number of fused-ring (bicyclic) bond motifs is 1. The van der Waals surface area contributed by atoms with Crippen LogP contribution in [0.4, 0.5) is 0 Å². The molecule has 1 aromatic carbocycles. The Morgan fingerprint density at radius 3 is 3.12 bits per heavy atom.